The van der Waals surface area contributed by atoms with Gasteiger partial charge in [-0.15, -0.1) is 0 Å². The highest BCUT2D eigenvalue weighted by atomic mass is 32.2. The first-order chi connectivity index (χ1) is 8.24. The Bertz CT molecular complexity index is 224. The fourth-order valence-corrected chi connectivity index (χ4v) is 4.85. The maximum Gasteiger partial charge on any atom is 0.0147 e. The molecular formula is C14H27NS2. The Labute approximate surface area is 117 Å². The Morgan fingerprint density at radius 3 is 2.53 bits per heavy atom. The van der Waals surface area contributed by atoms with Crippen LogP contribution in [0, 0.1) is 5.41 Å². The summed E-state index contributed by atoms with van der Waals surface area (Å²) in [6, 6.07) is 0. The van der Waals surface area contributed by atoms with Crippen LogP contribution in [0.1, 0.15) is 45.4 Å². The second-order valence-corrected chi connectivity index (χ2v) is 7.85. The number of rotatable bonds is 3. The van der Waals surface area contributed by atoms with E-state index in [0.717, 1.165) is 11.0 Å². The zero-order valence-electron chi connectivity index (χ0n) is 11.2. The van der Waals surface area contributed by atoms with Gasteiger partial charge in [-0.25, -0.2) is 0 Å². The van der Waals surface area contributed by atoms with Gasteiger partial charge in [0, 0.05) is 30.6 Å². The molecule has 0 amide bonds. The van der Waals surface area contributed by atoms with Crippen LogP contribution in [0.25, 0.3) is 0 Å². The molecule has 2 aliphatic rings. The molecule has 1 unspecified atom stereocenters. The minimum absolute atomic E-state index is 0.529. The van der Waals surface area contributed by atoms with E-state index < -0.39 is 0 Å². The van der Waals surface area contributed by atoms with Gasteiger partial charge in [0.25, 0.3) is 0 Å². The molecule has 1 atom stereocenters. The predicted molar refractivity (Wildman–Crippen MR) is 82.3 cm³/mol. The molecule has 0 spiro atoms. The summed E-state index contributed by atoms with van der Waals surface area (Å²) in [7, 11) is 0. The third-order valence-corrected chi connectivity index (χ3v) is 6.19. The molecule has 0 bridgehead atoms. The van der Waals surface area contributed by atoms with Crippen molar-refractivity contribution >= 4 is 24.4 Å². The largest absolute Gasteiger partial charge is 0.301 e. The minimum atomic E-state index is 0.529. The van der Waals surface area contributed by atoms with E-state index in [9.17, 15) is 0 Å². The van der Waals surface area contributed by atoms with E-state index in [1.165, 1.54) is 63.9 Å². The van der Waals surface area contributed by atoms with Crippen LogP contribution in [-0.2, 0) is 0 Å². The number of hydrogen-bond acceptors (Lipinski definition) is 3. The number of thioether (sulfide) groups is 1. The predicted octanol–water partition coefficient (Wildman–Crippen LogP) is 3.69. The van der Waals surface area contributed by atoms with Crippen LogP contribution in [0.5, 0.6) is 0 Å². The molecule has 1 saturated heterocycles. The highest BCUT2D eigenvalue weighted by molar-refractivity contribution is 7.99. The standard InChI is InChI=1S/C14H27NS2/c1-13-10-15(8-9-17-13)11-14(12-16)6-4-2-3-5-7-14/h13,16H,2-12H2,1H3. The van der Waals surface area contributed by atoms with Crippen molar-refractivity contribution in [3.63, 3.8) is 0 Å². The lowest BCUT2D eigenvalue weighted by molar-refractivity contribution is 0.155. The SMILES string of the molecule is CC1CN(CC2(CS)CCCCCC2)CCS1. The van der Waals surface area contributed by atoms with Gasteiger partial charge >= 0.3 is 0 Å². The Morgan fingerprint density at radius 1 is 1.24 bits per heavy atom. The molecule has 100 valence electrons. The van der Waals surface area contributed by atoms with Gasteiger partial charge in [-0.3, -0.25) is 0 Å². The van der Waals surface area contributed by atoms with Crippen molar-refractivity contribution < 1.29 is 0 Å². The summed E-state index contributed by atoms with van der Waals surface area (Å²) in [5, 5.41) is 0.825. The van der Waals surface area contributed by atoms with Crippen molar-refractivity contribution in [1.29, 1.82) is 0 Å². The first-order valence-corrected chi connectivity index (χ1v) is 8.87. The fourth-order valence-electron chi connectivity index (χ4n) is 3.35. The average Bonchev–Trinajstić information content (AvgIpc) is 2.55. The lowest BCUT2D eigenvalue weighted by Crippen LogP contribution is -2.44. The summed E-state index contributed by atoms with van der Waals surface area (Å²) in [5.41, 5.74) is 0.529. The zero-order valence-corrected chi connectivity index (χ0v) is 12.9. The second kappa shape index (κ2) is 6.72. The van der Waals surface area contributed by atoms with Gasteiger partial charge in [-0.05, 0) is 24.0 Å². The van der Waals surface area contributed by atoms with E-state index in [2.05, 4.69) is 36.2 Å². The second-order valence-electron chi connectivity index (χ2n) is 5.99. The fraction of sp³-hybridized carbons (Fsp3) is 1.00. The molecule has 2 rings (SSSR count). The molecule has 0 N–H and O–H groups in total. The average molecular weight is 274 g/mol. The Hall–Kier alpha value is 0.660. The Morgan fingerprint density at radius 2 is 1.94 bits per heavy atom. The van der Waals surface area contributed by atoms with Gasteiger partial charge in [0.1, 0.15) is 0 Å². The Kier molecular flexibility index (Phi) is 5.56. The van der Waals surface area contributed by atoms with Crippen molar-refractivity contribution in [2.45, 2.75) is 50.7 Å². The topological polar surface area (TPSA) is 3.24 Å². The van der Waals surface area contributed by atoms with Gasteiger partial charge in [-0.2, -0.15) is 24.4 Å². The summed E-state index contributed by atoms with van der Waals surface area (Å²) < 4.78 is 0. The lowest BCUT2D eigenvalue weighted by Gasteiger charge is -2.40. The summed E-state index contributed by atoms with van der Waals surface area (Å²) >= 11 is 6.82. The van der Waals surface area contributed by atoms with E-state index in [0.29, 0.717) is 5.41 Å². The molecule has 0 aromatic rings. The smallest absolute Gasteiger partial charge is 0.0147 e. The van der Waals surface area contributed by atoms with Crippen molar-refractivity contribution in [2.24, 2.45) is 5.41 Å². The molecule has 1 nitrogen and oxygen atoms in total. The van der Waals surface area contributed by atoms with E-state index in [1.807, 2.05) is 0 Å². The van der Waals surface area contributed by atoms with E-state index in [4.69, 9.17) is 0 Å². The van der Waals surface area contributed by atoms with Crippen LogP contribution in [0.2, 0.25) is 0 Å². The van der Waals surface area contributed by atoms with E-state index >= 15 is 0 Å². The molecule has 0 aromatic heterocycles. The monoisotopic (exact) mass is 273 g/mol. The molecule has 3 heteroatoms. The molecule has 1 aliphatic carbocycles. The number of hydrogen-bond donors (Lipinski definition) is 1. The van der Waals surface area contributed by atoms with Crippen molar-refractivity contribution in [2.75, 3.05) is 31.1 Å². The van der Waals surface area contributed by atoms with Crippen LogP contribution in [0.15, 0.2) is 0 Å². The normalized spacial score (nSPS) is 31.1. The molecule has 1 aliphatic heterocycles. The zero-order chi connectivity index (χ0) is 12.1. The maximum atomic E-state index is 4.69. The molecule has 1 heterocycles. The first kappa shape index (κ1) is 14.1. The Balaban J connectivity index is 1.92. The highest BCUT2D eigenvalue weighted by Gasteiger charge is 2.32. The maximum absolute atomic E-state index is 4.69. The minimum Gasteiger partial charge on any atom is -0.301 e. The van der Waals surface area contributed by atoms with Crippen LogP contribution >= 0.6 is 24.4 Å². The van der Waals surface area contributed by atoms with Gasteiger partial charge in [0.2, 0.25) is 0 Å². The van der Waals surface area contributed by atoms with Gasteiger partial charge in [0.05, 0.1) is 0 Å². The van der Waals surface area contributed by atoms with Crippen molar-refractivity contribution in [1.82, 2.24) is 4.90 Å². The summed E-state index contributed by atoms with van der Waals surface area (Å²) in [6.45, 7) is 6.27. The summed E-state index contributed by atoms with van der Waals surface area (Å²) in [6.07, 6.45) is 8.57. The summed E-state index contributed by atoms with van der Waals surface area (Å²) in [4.78, 5) is 2.71. The molecule has 17 heavy (non-hydrogen) atoms. The molecular weight excluding hydrogens is 246 g/mol. The molecule has 1 saturated carbocycles. The molecule has 0 radical (unpaired) electrons. The van der Waals surface area contributed by atoms with E-state index in [1.54, 1.807) is 0 Å². The lowest BCUT2D eigenvalue weighted by atomic mass is 9.81. The third-order valence-electron chi connectivity index (χ3n) is 4.38. The first-order valence-electron chi connectivity index (χ1n) is 7.19. The van der Waals surface area contributed by atoms with Crippen LogP contribution in [0.4, 0.5) is 0 Å². The van der Waals surface area contributed by atoms with Crippen LogP contribution < -0.4 is 0 Å². The van der Waals surface area contributed by atoms with Gasteiger partial charge in [0.15, 0.2) is 0 Å². The number of nitrogens with zero attached hydrogens (tertiary/aromatic N) is 1. The number of thiol groups is 1. The molecule has 0 aromatic carbocycles. The van der Waals surface area contributed by atoms with Gasteiger partial charge in [-0.1, -0.05) is 32.6 Å². The quantitative estimate of drug-likeness (QED) is 0.617. The van der Waals surface area contributed by atoms with E-state index in [-0.39, 0.29) is 0 Å². The third kappa shape index (κ3) is 4.07. The molecule has 2 fully saturated rings. The van der Waals surface area contributed by atoms with Crippen molar-refractivity contribution in [3.05, 3.63) is 0 Å². The summed E-state index contributed by atoms with van der Waals surface area (Å²) in [5.74, 6) is 2.41. The van der Waals surface area contributed by atoms with Crippen LogP contribution in [-0.4, -0.2) is 41.3 Å². The van der Waals surface area contributed by atoms with Crippen LogP contribution in [0.3, 0.4) is 0 Å². The highest BCUT2D eigenvalue weighted by Crippen LogP contribution is 2.37. The van der Waals surface area contributed by atoms with Gasteiger partial charge < -0.3 is 4.90 Å². The van der Waals surface area contributed by atoms with Crippen molar-refractivity contribution in [3.8, 4) is 0 Å².